The van der Waals surface area contributed by atoms with Gasteiger partial charge in [0.25, 0.3) is 5.69 Å². The average molecular weight is 305 g/mol. The van der Waals surface area contributed by atoms with E-state index in [-0.39, 0.29) is 11.5 Å². The summed E-state index contributed by atoms with van der Waals surface area (Å²) in [7, 11) is 0. The zero-order valence-corrected chi connectivity index (χ0v) is 11.5. The molecule has 2 aromatic carbocycles. The molecule has 0 atom stereocenters. The highest BCUT2D eigenvalue weighted by Gasteiger charge is 2.10. The molecule has 0 radical (unpaired) electrons. The number of rotatable bonds is 3. The van der Waals surface area contributed by atoms with Crippen molar-refractivity contribution in [2.75, 3.05) is 0 Å². The molecule has 0 unspecified atom stereocenters. The molecule has 3 rings (SSSR count). The number of non-ortho nitro benzene ring substituents is 1. The molecule has 0 bridgehead atoms. The fraction of sp³-hybridized carbons (Fsp3) is 0.0667. The normalized spacial score (nSPS) is 11.0. The van der Waals surface area contributed by atoms with Gasteiger partial charge in [0.2, 0.25) is 0 Å². The number of hydrogen-bond donors (Lipinski definition) is 0. The Morgan fingerprint density at radius 2 is 2.00 bits per heavy atom. The molecular formula is C15H10ClFN2O2. The maximum absolute atomic E-state index is 13.8. The summed E-state index contributed by atoms with van der Waals surface area (Å²) in [6.45, 7) is 0.338. The average Bonchev–Trinajstić information content (AvgIpc) is 2.84. The van der Waals surface area contributed by atoms with Gasteiger partial charge in [-0.2, -0.15) is 0 Å². The highest BCUT2D eigenvalue weighted by atomic mass is 35.5. The van der Waals surface area contributed by atoms with Crippen molar-refractivity contribution in [3.05, 3.63) is 75.2 Å². The predicted octanol–water partition coefficient (Wildman–Crippen LogP) is 4.39. The third-order valence-corrected chi connectivity index (χ3v) is 3.56. The van der Waals surface area contributed by atoms with Gasteiger partial charge in [-0.05, 0) is 24.3 Å². The largest absolute Gasteiger partial charge is 0.343 e. The molecule has 3 aromatic rings. The minimum atomic E-state index is -0.435. The summed E-state index contributed by atoms with van der Waals surface area (Å²) in [4.78, 5) is 10.3. The molecule has 0 saturated carbocycles. The quantitative estimate of drug-likeness (QED) is 0.532. The van der Waals surface area contributed by atoms with Gasteiger partial charge >= 0.3 is 0 Å². The van der Waals surface area contributed by atoms with Crippen molar-refractivity contribution in [2.24, 2.45) is 0 Å². The summed E-state index contributed by atoms with van der Waals surface area (Å²) in [5, 5.41) is 11.9. The lowest BCUT2D eigenvalue weighted by molar-refractivity contribution is -0.384. The van der Waals surface area contributed by atoms with Crippen LogP contribution in [0.1, 0.15) is 5.56 Å². The standard InChI is InChI=1S/C15H10ClFN2O2/c16-12-2-1-11(14(17)8-12)9-18-6-5-10-7-13(19(20)21)3-4-15(10)18/h1-8H,9H2. The van der Waals surface area contributed by atoms with Crippen LogP contribution in [-0.2, 0) is 6.54 Å². The maximum atomic E-state index is 13.8. The summed E-state index contributed by atoms with van der Waals surface area (Å²) in [6.07, 6.45) is 1.78. The second-order valence-corrected chi connectivity index (χ2v) is 5.12. The van der Waals surface area contributed by atoms with Crippen molar-refractivity contribution in [3.63, 3.8) is 0 Å². The van der Waals surface area contributed by atoms with E-state index in [1.807, 2.05) is 4.57 Å². The molecule has 0 aliphatic heterocycles. The van der Waals surface area contributed by atoms with Gasteiger partial charge in [-0.25, -0.2) is 4.39 Å². The van der Waals surface area contributed by atoms with E-state index < -0.39 is 4.92 Å². The lowest BCUT2D eigenvalue weighted by Gasteiger charge is -2.07. The molecule has 0 N–H and O–H groups in total. The van der Waals surface area contributed by atoms with Crippen LogP contribution in [-0.4, -0.2) is 9.49 Å². The Labute approximate surface area is 124 Å². The van der Waals surface area contributed by atoms with Gasteiger partial charge in [0.05, 0.1) is 11.5 Å². The third kappa shape index (κ3) is 2.60. The Morgan fingerprint density at radius 3 is 2.71 bits per heavy atom. The summed E-state index contributed by atoms with van der Waals surface area (Å²) in [5.41, 5.74) is 1.36. The molecule has 6 heteroatoms. The van der Waals surface area contributed by atoms with Crippen molar-refractivity contribution in [1.82, 2.24) is 4.57 Å². The van der Waals surface area contributed by atoms with Crippen molar-refractivity contribution in [3.8, 4) is 0 Å². The van der Waals surface area contributed by atoms with Crippen LogP contribution in [0.3, 0.4) is 0 Å². The Morgan fingerprint density at radius 1 is 1.19 bits per heavy atom. The lowest BCUT2D eigenvalue weighted by Crippen LogP contribution is -2.00. The van der Waals surface area contributed by atoms with E-state index in [1.54, 1.807) is 30.5 Å². The van der Waals surface area contributed by atoms with E-state index in [0.29, 0.717) is 17.1 Å². The van der Waals surface area contributed by atoms with Gasteiger partial charge in [-0.3, -0.25) is 10.1 Å². The molecule has 0 aliphatic carbocycles. The number of nitrogens with zero attached hydrogens (tertiary/aromatic N) is 2. The van der Waals surface area contributed by atoms with Crippen LogP contribution in [0.2, 0.25) is 5.02 Å². The number of nitro groups is 1. The summed E-state index contributed by atoms with van der Waals surface area (Å²) in [5.74, 6) is -0.369. The molecule has 0 amide bonds. The van der Waals surface area contributed by atoms with Gasteiger partial charge < -0.3 is 4.57 Å². The second kappa shape index (κ2) is 5.18. The summed E-state index contributed by atoms with van der Waals surface area (Å²) < 4.78 is 15.7. The Bertz CT molecular complexity index is 845. The number of fused-ring (bicyclic) bond motifs is 1. The fourth-order valence-corrected chi connectivity index (χ4v) is 2.43. The molecule has 0 spiro atoms. The van der Waals surface area contributed by atoms with Crippen molar-refractivity contribution in [2.45, 2.75) is 6.54 Å². The van der Waals surface area contributed by atoms with Crippen molar-refractivity contribution < 1.29 is 9.31 Å². The Balaban J connectivity index is 1.99. The molecular weight excluding hydrogens is 295 g/mol. The summed E-state index contributed by atoms with van der Waals surface area (Å²) in [6, 6.07) is 10.9. The first-order valence-electron chi connectivity index (χ1n) is 6.22. The van der Waals surface area contributed by atoms with Crippen LogP contribution in [0.5, 0.6) is 0 Å². The van der Waals surface area contributed by atoms with Crippen molar-refractivity contribution >= 4 is 28.2 Å². The first-order valence-corrected chi connectivity index (χ1v) is 6.59. The number of halogens is 2. The van der Waals surface area contributed by atoms with Gasteiger partial charge in [-0.15, -0.1) is 0 Å². The number of benzene rings is 2. The van der Waals surface area contributed by atoms with Crippen LogP contribution in [0, 0.1) is 15.9 Å². The van der Waals surface area contributed by atoms with E-state index in [4.69, 9.17) is 11.6 Å². The molecule has 0 fully saturated rings. The van der Waals surface area contributed by atoms with Crippen molar-refractivity contribution in [1.29, 1.82) is 0 Å². The predicted molar refractivity (Wildman–Crippen MR) is 79.1 cm³/mol. The SMILES string of the molecule is O=[N+]([O-])c1ccc2c(ccn2Cc2ccc(Cl)cc2F)c1. The zero-order valence-electron chi connectivity index (χ0n) is 10.8. The molecule has 0 saturated heterocycles. The van der Waals surface area contributed by atoms with Gasteiger partial charge in [0.15, 0.2) is 0 Å². The molecule has 1 aromatic heterocycles. The first kappa shape index (κ1) is 13.6. The van der Waals surface area contributed by atoms with Crippen LogP contribution in [0.25, 0.3) is 10.9 Å². The van der Waals surface area contributed by atoms with Gasteiger partial charge in [-0.1, -0.05) is 17.7 Å². The first-order chi connectivity index (χ1) is 10.0. The van der Waals surface area contributed by atoms with Gasteiger partial charge in [0, 0.05) is 39.8 Å². The zero-order chi connectivity index (χ0) is 15.0. The second-order valence-electron chi connectivity index (χ2n) is 4.68. The maximum Gasteiger partial charge on any atom is 0.270 e. The molecule has 21 heavy (non-hydrogen) atoms. The fourth-order valence-electron chi connectivity index (χ4n) is 2.27. The van der Waals surface area contributed by atoms with Crippen LogP contribution in [0.15, 0.2) is 48.7 Å². The molecule has 106 valence electrons. The minimum absolute atomic E-state index is 0.0397. The highest BCUT2D eigenvalue weighted by Crippen LogP contribution is 2.23. The lowest BCUT2D eigenvalue weighted by atomic mass is 10.2. The van der Waals surface area contributed by atoms with E-state index >= 15 is 0 Å². The smallest absolute Gasteiger partial charge is 0.270 e. The van der Waals surface area contributed by atoms with E-state index in [0.717, 1.165) is 10.9 Å². The summed E-state index contributed by atoms with van der Waals surface area (Å²) >= 11 is 5.73. The van der Waals surface area contributed by atoms with Crippen LogP contribution >= 0.6 is 11.6 Å². The minimum Gasteiger partial charge on any atom is -0.343 e. The van der Waals surface area contributed by atoms with Gasteiger partial charge in [0.1, 0.15) is 5.82 Å². The Kier molecular flexibility index (Phi) is 3.35. The number of aromatic nitrogens is 1. The number of nitro benzene ring substituents is 1. The van der Waals surface area contributed by atoms with E-state index in [2.05, 4.69) is 0 Å². The topological polar surface area (TPSA) is 48.1 Å². The third-order valence-electron chi connectivity index (χ3n) is 3.32. The highest BCUT2D eigenvalue weighted by molar-refractivity contribution is 6.30. The van der Waals surface area contributed by atoms with E-state index in [9.17, 15) is 14.5 Å². The van der Waals surface area contributed by atoms with Crippen LogP contribution < -0.4 is 0 Å². The Hall–Kier alpha value is -2.40. The molecule has 0 aliphatic rings. The van der Waals surface area contributed by atoms with E-state index in [1.165, 1.54) is 18.2 Å². The monoisotopic (exact) mass is 304 g/mol. The molecule has 1 heterocycles. The van der Waals surface area contributed by atoms with Crippen LogP contribution in [0.4, 0.5) is 10.1 Å². The molecule has 4 nitrogen and oxygen atoms in total. The number of hydrogen-bond acceptors (Lipinski definition) is 2.